The average Bonchev–Trinajstić information content (AvgIpc) is 2.98. The highest BCUT2D eigenvalue weighted by atomic mass is 35.5. The van der Waals surface area contributed by atoms with Gasteiger partial charge in [0.1, 0.15) is 11.0 Å². The zero-order chi connectivity index (χ0) is 27.0. The van der Waals surface area contributed by atoms with Crippen molar-refractivity contribution in [3.63, 3.8) is 0 Å². The summed E-state index contributed by atoms with van der Waals surface area (Å²) in [6.07, 6.45) is 0. The molecule has 2 heterocycles. The number of amides is 1. The van der Waals surface area contributed by atoms with Crippen molar-refractivity contribution >= 4 is 35.1 Å². The first kappa shape index (κ1) is 27.2. The maximum absolute atomic E-state index is 13.1. The molecule has 200 valence electrons. The van der Waals surface area contributed by atoms with Gasteiger partial charge in [0.25, 0.3) is 0 Å². The Labute approximate surface area is 239 Å². The second-order valence-electron chi connectivity index (χ2n) is 9.60. The van der Waals surface area contributed by atoms with Crippen molar-refractivity contribution in [1.82, 2.24) is 19.8 Å². The van der Waals surface area contributed by atoms with Gasteiger partial charge < -0.3 is 9.80 Å². The lowest BCUT2D eigenvalue weighted by atomic mass is 9.96. The molecule has 8 heteroatoms. The molecule has 1 aliphatic rings. The number of carbonyl (C=O) groups excluding carboxylic acids is 1. The number of nitrogens with zero attached hydrogens (tertiary/aromatic N) is 5. The molecule has 0 saturated carbocycles. The Bertz CT molecular complexity index is 1310. The molecule has 1 saturated heterocycles. The summed E-state index contributed by atoms with van der Waals surface area (Å²) in [6.45, 7) is 3.71. The van der Waals surface area contributed by atoms with Crippen molar-refractivity contribution in [3.05, 3.63) is 119 Å². The number of carbonyl (C=O) groups is 1. The molecule has 1 aliphatic heterocycles. The lowest BCUT2D eigenvalue weighted by Crippen LogP contribution is -2.50. The topological polar surface area (TPSA) is 52.6 Å². The van der Waals surface area contributed by atoms with Crippen molar-refractivity contribution in [1.29, 1.82) is 0 Å². The number of aromatic nitrogens is 2. The largest absolute Gasteiger partial charge is 0.355 e. The molecule has 0 spiro atoms. The van der Waals surface area contributed by atoms with Gasteiger partial charge in [-0.2, -0.15) is 0 Å². The van der Waals surface area contributed by atoms with Gasteiger partial charge in [-0.3, -0.25) is 9.69 Å². The van der Waals surface area contributed by atoms with E-state index in [1.54, 1.807) is 6.07 Å². The maximum atomic E-state index is 13.1. The monoisotopic (exact) mass is 557 g/mol. The van der Waals surface area contributed by atoms with Crippen LogP contribution in [-0.4, -0.2) is 64.7 Å². The minimum absolute atomic E-state index is 0.0957. The summed E-state index contributed by atoms with van der Waals surface area (Å²) < 4.78 is 0. The molecule has 0 unspecified atom stereocenters. The van der Waals surface area contributed by atoms with E-state index in [0.29, 0.717) is 29.9 Å². The number of piperazine rings is 1. The number of hydrogen-bond acceptors (Lipinski definition) is 6. The van der Waals surface area contributed by atoms with Crippen LogP contribution in [0.3, 0.4) is 0 Å². The summed E-state index contributed by atoms with van der Waals surface area (Å²) in [4.78, 5) is 28.6. The predicted molar refractivity (Wildman–Crippen MR) is 159 cm³/mol. The van der Waals surface area contributed by atoms with Gasteiger partial charge in [-0.15, -0.1) is 0 Å². The Kier molecular flexibility index (Phi) is 9.14. The molecule has 1 aromatic heterocycles. The third-order valence-electron chi connectivity index (χ3n) is 6.90. The van der Waals surface area contributed by atoms with Gasteiger partial charge in [-0.05, 0) is 16.7 Å². The number of thioether (sulfide) groups is 1. The quantitative estimate of drug-likeness (QED) is 0.147. The fourth-order valence-electron chi connectivity index (χ4n) is 4.92. The third kappa shape index (κ3) is 7.18. The summed E-state index contributed by atoms with van der Waals surface area (Å²) >= 11 is 7.65. The minimum atomic E-state index is 0.0957. The molecule has 4 aromatic rings. The SMILES string of the molecule is CN(Cc1ccccc1)c1cc(Cl)nc(SCC(=O)N2CCN(C(c3ccccc3)c3ccccc3)CC2)n1. The molecule has 39 heavy (non-hydrogen) atoms. The number of anilines is 1. The lowest BCUT2D eigenvalue weighted by Gasteiger charge is -2.39. The Morgan fingerprint density at radius 2 is 1.44 bits per heavy atom. The molecule has 0 radical (unpaired) electrons. The highest BCUT2D eigenvalue weighted by molar-refractivity contribution is 7.99. The summed E-state index contributed by atoms with van der Waals surface area (Å²) in [6, 6.07) is 33.3. The second kappa shape index (κ2) is 13.1. The number of hydrogen-bond donors (Lipinski definition) is 0. The summed E-state index contributed by atoms with van der Waals surface area (Å²) in [5.74, 6) is 1.11. The lowest BCUT2D eigenvalue weighted by molar-refractivity contribution is -0.130. The molecular weight excluding hydrogens is 526 g/mol. The zero-order valence-electron chi connectivity index (χ0n) is 22.0. The van der Waals surface area contributed by atoms with Crippen molar-refractivity contribution in [3.8, 4) is 0 Å². The van der Waals surface area contributed by atoms with E-state index in [4.69, 9.17) is 11.6 Å². The molecule has 3 aromatic carbocycles. The molecule has 0 bridgehead atoms. The van der Waals surface area contributed by atoms with Crippen molar-refractivity contribution in [2.45, 2.75) is 17.7 Å². The Morgan fingerprint density at radius 1 is 0.872 bits per heavy atom. The van der Waals surface area contributed by atoms with Gasteiger partial charge in [0.15, 0.2) is 5.16 Å². The predicted octanol–water partition coefficient (Wildman–Crippen LogP) is 5.79. The van der Waals surface area contributed by atoms with Crippen molar-refractivity contribution in [2.75, 3.05) is 43.9 Å². The Hall–Kier alpha value is -3.39. The van der Waals surface area contributed by atoms with E-state index in [2.05, 4.69) is 75.5 Å². The summed E-state index contributed by atoms with van der Waals surface area (Å²) in [5.41, 5.74) is 3.72. The van der Waals surface area contributed by atoms with Crippen LogP contribution in [-0.2, 0) is 11.3 Å². The number of benzene rings is 3. The molecule has 1 amide bonds. The molecule has 0 N–H and O–H groups in total. The van der Waals surface area contributed by atoms with Crippen LogP contribution in [0.2, 0.25) is 5.15 Å². The van der Waals surface area contributed by atoms with Gasteiger partial charge in [0.05, 0.1) is 11.8 Å². The second-order valence-corrected chi connectivity index (χ2v) is 10.9. The maximum Gasteiger partial charge on any atom is 0.233 e. The standard InChI is InChI=1S/C31H32ClN5OS/c1-35(22-24-11-5-2-6-12-24)28-21-27(32)33-31(34-28)39-23-29(38)36-17-19-37(20-18-36)30(25-13-7-3-8-14-25)26-15-9-4-10-16-26/h2-16,21,30H,17-20,22-23H2,1H3. The highest BCUT2D eigenvalue weighted by Crippen LogP contribution is 2.30. The number of halogens is 1. The van der Waals surface area contributed by atoms with Crippen molar-refractivity contribution < 1.29 is 4.79 Å². The van der Waals surface area contributed by atoms with E-state index in [1.807, 2.05) is 47.2 Å². The van der Waals surface area contributed by atoms with Gasteiger partial charge in [-0.1, -0.05) is 114 Å². The molecule has 1 fully saturated rings. The van der Waals surface area contributed by atoms with E-state index in [-0.39, 0.29) is 17.7 Å². The van der Waals surface area contributed by atoms with Crippen LogP contribution in [0.1, 0.15) is 22.7 Å². The van der Waals surface area contributed by atoms with E-state index >= 15 is 0 Å². The van der Waals surface area contributed by atoms with Crippen LogP contribution in [0.5, 0.6) is 0 Å². The van der Waals surface area contributed by atoms with Crippen LogP contribution < -0.4 is 4.90 Å². The highest BCUT2D eigenvalue weighted by Gasteiger charge is 2.28. The van der Waals surface area contributed by atoms with E-state index < -0.39 is 0 Å². The van der Waals surface area contributed by atoms with Gasteiger partial charge in [0.2, 0.25) is 5.91 Å². The van der Waals surface area contributed by atoms with E-state index in [9.17, 15) is 4.79 Å². The van der Waals surface area contributed by atoms with Gasteiger partial charge in [0, 0.05) is 45.8 Å². The summed E-state index contributed by atoms with van der Waals surface area (Å²) in [7, 11) is 1.98. The molecule has 5 rings (SSSR count). The molecular formula is C31H32ClN5OS. The van der Waals surface area contributed by atoms with Gasteiger partial charge >= 0.3 is 0 Å². The van der Waals surface area contributed by atoms with Crippen LogP contribution >= 0.6 is 23.4 Å². The normalized spacial score (nSPS) is 14.0. The zero-order valence-corrected chi connectivity index (χ0v) is 23.6. The third-order valence-corrected chi connectivity index (χ3v) is 7.93. The Balaban J connectivity index is 1.18. The molecule has 0 aliphatic carbocycles. The van der Waals surface area contributed by atoms with E-state index in [1.165, 1.54) is 28.5 Å². The average molecular weight is 558 g/mol. The van der Waals surface area contributed by atoms with E-state index in [0.717, 1.165) is 18.9 Å². The van der Waals surface area contributed by atoms with Crippen LogP contribution in [0.15, 0.2) is 102 Å². The first-order chi connectivity index (χ1) is 19.1. The Morgan fingerprint density at radius 3 is 2.03 bits per heavy atom. The van der Waals surface area contributed by atoms with Crippen LogP contribution in [0.25, 0.3) is 0 Å². The first-order valence-corrected chi connectivity index (χ1v) is 14.5. The first-order valence-electron chi connectivity index (χ1n) is 13.1. The fourth-order valence-corrected chi connectivity index (χ4v) is 5.90. The smallest absolute Gasteiger partial charge is 0.233 e. The fraction of sp³-hybridized carbons (Fsp3) is 0.258. The molecule has 6 nitrogen and oxygen atoms in total. The number of rotatable bonds is 9. The van der Waals surface area contributed by atoms with Crippen LogP contribution in [0, 0.1) is 0 Å². The van der Waals surface area contributed by atoms with Crippen molar-refractivity contribution in [2.24, 2.45) is 0 Å². The minimum Gasteiger partial charge on any atom is -0.355 e. The van der Waals surface area contributed by atoms with Gasteiger partial charge in [-0.25, -0.2) is 9.97 Å². The summed E-state index contributed by atoms with van der Waals surface area (Å²) in [5, 5.41) is 0.883. The molecule has 0 atom stereocenters. The van der Waals surface area contributed by atoms with Crippen LogP contribution in [0.4, 0.5) is 5.82 Å².